The van der Waals surface area contributed by atoms with E-state index in [4.69, 9.17) is 0 Å². The maximum Gasteiger partial charge on any atom is 0.240 e. The first-order chi connectivity index (χ1) is 12.3. The minimum absolute atomic E-state index is 0.0178. The molecule has 1 aliphatic rings. The Hall–Kier alpha value is -2.32. The number of amides is 1. The second-order valence-corrected chi connectivity index (χ2v) is 7.23. The second-order valence-electron chi connectivity index (χ2n) is 6.40. The van der Waals surface area contributed by atoms with Gasteiger partial charge in [0.25, 0.3) is 0 Å². The molecule has 0 unspecified atom stereocenters. The molecule has 130 valence electrons. The number of imidazole rings is 1. The van der Waals surface area contributed by atoms with Gasteiger partial charge in [-0.1, -0.05) is 23.5 Å². The number of aromatic nitrogens is 4. The van der Waals surface area contributed by atoms with Crippen molar-refractivity contribution in [2.75, 3.05) is 25.0 Å². The van der Waals surface area contributed by atoms with Crippen LogP contribution in [0.4, 0.5) is 5.13 Å². The second kappa shape index (κ2) is 7.28. The molecule has 4 rings (SSSR count). The lowest BCUT2D eigenvalue weighted by Gasteiger charge is -2.31. The topological polar surface area (TPSA) is 75.9 Å². The van der Waals surface area contributed by atoms with Crippen molar-refractivity contribution in [1.82, 2.24) is 24.6 Å². The highest BCUT2D eigenvalue weighted by Crippen LogP contribution is 2.21. The van der Waals surface area contributed by atoms with Crippen molar-refractivity contribution in [3.63, 3.8) is 0 Å². The standard InChI is InChI=1S/C17H20N6OS/c24-16(20-17-21-19-12-25-17)10-22-7-5-13(6-8-22)9-23-11-18-14-3-1-2-4-15(14)23/h1-4,11-13H,5-10H2,(H,20,21,24). The van der Waals surface area contributed by atoms with Crippen LogP contribution < -0.4 is 5.32 Å². The SMILES string of the molecule is O=C(CN1CCC(Cn2cnc3ccccc32)CC1)Nc1nncs1. The Morgan fingerprint density at radius 2 is 2.12 bits per heavy atom. The third kappa shape index (κ3) is 3.85. The molecule has 1 amide bonds. The smallest absolute Gasteiger partial charge is 0.240 e. The Labute approximate surface area is 149 Å². The largest absolute Gasteiger partial charge is 0.330 e. The van der Waals surface area contributed by atoms with Gasteiger partial charge in [0.15, 0.2) is 0 Å². The van der Waals surface area contributed by atoms with E-state index in [2.05, 4.69) is 42.1 Å². The summed E-state index contributed by atoms with van der Waals surface area (Å²) in [6.07, 6.45) is 4.13. The normalized spacial score (nSPS) is 16.3. The van der Waals surface area contributed by atoms with E-state index in [1.54, 1.807) is 5.51 Å². The minimum atomic E-state index is -0.0178. The van der Waals surface area contributed by atoms with E-state index in [0.717, 1.165) is 38.0 Å². The van der Waals surface area contributed by atoms with Crippen LogP contribution in [0.3, 0.4) is 0 Å². The van der Waals surface area contributed by atoms with Gasteiger partial charge in [-0.3, -0.25) is 15.0 Å². The first-order valence-corrected chi connectivity index (χ1v) is 9.34. The van der Waals surface area contributed by atoms with Gasteiger partial charge in [0, 0.05) is 6.54 Å². The minimum Gasteiger partial charge on any atom is -0.330 e. The average Bonchev–Trinajstić information content (AvgIpc) is 3.27. The summed E-state index contributed by atoms with van der Waals surface area (Å²) in [7, 11) is 0. The van der Waals surface area contributed by atoms with Crippen LogP contribution in [0.2, 0.25) is 0 Å². The number of piperidine rings is 1. The molecule has 25 heavy (non-hydrogen) atoms. The van der Waals surface area contributed by atoms with Gasteiger partial charge >= 0.3 is 0 Å². The van der Waals surface area contributed by atoms with E-state index in [1.165, 1.54) is 16.9 Å². The Morgan fingerprint density at radius 3 is 2.92 bits per heavy atom. The fourth-order valence-corrected chi connectivity index (χ4v) is 3.81. The molecule has 3 heterocycles. The van der Waals surface area contributed by atoms with E-state index in [0.29, 0.717) is 17.6 Å². The van der Waals surface area contributed by atoms with Crippen LogP contribution in [-0.2, 0) is 11.3 Å². The fourth-order valence-electron chi connectivity index (χ4n) is 3.35. The highest BCUT2D eigenvalue weighted by atomic mass is 32.1. The van der Waals surface area contributed by atoms with E-state index in [-0.39, 0.29) is 5.91 Å². The summed E-state index contributed by atoms with van der Waals surface area (Å²) < 4.78 is 2.25. The van der Waals surface area contributed by atoms with Crippen LogP contribution in [0, 0.1) is 5.92 Å². The van der Waals surface area contributed by atoms with Gasteiger partial charge < -0.3 is 4.57 Å². The van der Waals surface area contributed by atoms with Crippen molar-refractivity contribution < 1.29 is 4.79 Å². The molecule has 3 aromatic rings. The number of fused-ring (bicyclic) bond motifs is 1. The zero-order chi connectivity index (χ0) is 17.1. The zero-order valence-corrected chi connectivity index (χ0v) is 14.7. The van der Waals surface area contributed by atoms with Crippen molar-refractivity contribution in [1.29, 1.82) is 0 Å². The summed E-state index contributed by atoms with van der Waals surface area (Å²) in [5, 5.41) is 10.9. The summed E-state index contributed by atoms with van der Waals surface area (Å²) >= 11 is 1.34. The van der Waals surface area contributed by atoms with E-state index < -0.39 is 0 Å². The molecule has 1 saturated heterocycles. The van der Waals surface area contributed by atoms with Crippen molar-refractivity contribution in [2.24, 2.45) is 5.92 Å². The molecule has 0 bridgehead atoms. The maximum atomic E-state index is 12.0. The van der Waals surface area contributed by atoms with Crippen LogP contribution in [0.1, 0.15) is 12.8 Å². The molecule has 0 radical (unpaired) electrons. The van der Waals surface area contributed by atoms with Crippen LogP contribution in [0.25, 0.3) is 11.0 Å². The Morgan fingerprint density at radius 1 is 1.28 bits per heavy atom. The van der Waals surface area contributed by atoms with Crippen LogP contribution in [0.15, 0.2) is 36.1 Å². The molecule has 1 aliphatic heterocycles. The quantitative estimate of drug-likeness (QED) is 0.759. The number of carbonyl (C=O) groups is 1. The summed E-state index contributed by atoms with van der Waals surface area (Å²) in [5.74, 6) is 0.607. The number of hydrogen-bond acceptors (Lipinski definition) is 6. The lowest BCUT2D eigenvalue weighted by atomic mass is 9.96. The van der Waals surface area contributed by atoms with Crippen LogP contribution in [-0.4, -0.2) is 50.2 Å². The molecule has 1 aromatic carbocycles. The predicted octanol–water partition coefficient (Wildman–Crippen LogP) is 2.24. The summed E-state index contributed by atoms with van der Waals surface area (Å²) in [5.41, 5.74) is 3.86. The molecule has 2 aromatic heterocycles. The number of anilines is 1. The number of benzene rings is 1. The Balaban J connectivity index is 1.27. The molecule has 8 heteroatoms. The van der Waals surface area contributed by atoms with Crippen molar-refractivity contribution in [3.05, 3.63) is 36.1 Å². The fraction of sp³-hybridized carbons (Fsp3) is 0.412. The van der Waals surface area contributed by atoms with Gasteiger partial charge in [0.05, 0.1) is 23.9 Å². The Bertz CT molecular complexity index is 838. The molecule has 0 spiro atoms. The third-order valence-corrected chi connectivity index (χ3v) is 5.27. The van der Waals surface area contributed by atoms with Crippen molar-refractivity contribution in [2.45, 2.75) is 19.4 Å². The molecule has 1 fully saturated rings. The van der Waals surface area contributed by atoms with Gasteiger partial charge in [-0.25, -0.2) is 4.98 Å². The number of nitrogens with one attached hydrogen (secondary N) is 1. The first kappa shape index (κ1) is 16.2. The zero-order valence-electron chi connectivity index (χ0n) is 13.8. The van der Waals surface area contributed by atoms with Crippen LogP contribution in [0.5, 0.6) is 0 Å². The van der Waals surface area contributed by atoms with Crippen LogP contribution >= 0.6 is 11.3 Å². The Kier molecular flexibility index (Phi) is 4.71. The lowest BCUT2D eigenvalue weighted by Crippen LogP contribution is -2.39. The molecule has 0 aliphatic carbocycles. The summed E-state index contributed by atoms with van der Waals surface area (Å²) in [6.45, 7) is 3.30. The van der Waals surface area contributed by atoms with Crippen molar-refractivity contribution in [3.8, 4) is 0 Å². The number of para-hydroxylation sites is 2. The van der Waals surface area contributed by atoms with Gasteiger partial charge in [-0.15, -0.1) is 10.2 Å². The van der Waals surface area contributed by atoms with E-state index >= 15 is 0 Å². The molecule has 7 nitrogen and oxygen atoms in total. The van der Waals surface area contributed by atoms with Gasteiger partial charge in [-0.2, -0.15) is 0 Å². The molecule has 1 N–H and O–H groups in total. The van der Waals surface area contributed by atoms with Crippen molar-refractivity contribution >= 4 is 33.4 Å². The monoisotopic (exact) mass is 356 g/mol. The molecular formula is C17H20N6OS. The van der Waals surface area contributed by atoms with E-state index in [9.17, 15) is 4.79 Å². The predicted molar refractivity (Wildman–Crippen MR) is 97.4 cm³/mol. The summed E-state index contributed by atoms with van der Waals surface area (Å²) in [4.78, 5) is 18.7. The molecular weight excluding hydrogens is 336 g/mol. The number of carbonyl (C=O) groups excluding carboxylic acids is 1. The number of nitrogens with zero attached hydrogens (tertiary/aromatic N) is 5. The van der Waals surface area contributed by atoms with Gasteiger partial charge in [-0.05, 0) is 44.0 Å². The van der Waals surface area contributed by atoms with Gasteiger partial charge in [0.1, 0.15) is 5.51 Å². The number of hydrogen-bond donors (Lipinski definition) is 1. The molecule has 0 saturated carbocycles. The summed E-state index contributed by atoms with van der Waals surface area (Å²) in [6, 6.07) is 8.24. The molecule has 0 atom stereocenters. The highest BCUT2D eigenvalue weighted by Gasteiger charge is 2.22. The van der Waals surface area contributed by atoms with E-state index in [1.807, 2.05) is 18.5 Å². The average molecular weight is 356 g/mol. The highest BCUT2D eigenvalue weighted by molar-refractivity contribution is 7.13. The third-order valence-electron chi connectivity index (χ3n) is 4.66. The first-order valence-electron chi connectivity index (χ1n) is 8.46. The lowest BCUT2D eigenvalue weighted by molar-refractivity contribution is -0.117. The van der Waals surface area contributed by atoms with Gasteiger partial charge in [0.2, 0.25) is 11.0 Å². The maximum absolute atomic E-state index is 12.0. The number of rotatable bonds is 5. The number of likely N-dealkylation sites (tertiary alicyclic amines) is 1.